The van der Waals surface area contributed by atoms with E-state index in [1.807, 2.05) is 0 Å². The molecule has 0 aromatic rings. The Morgan fingerprint density at radius 1 is 1.56 bits per heavy atom. The fourth-order valence-corrected chi connectivity index (χ4v) is 3.83. The van der Waals surface area contributed by atoms with Gasteiger partial charge < -0.3 is 14.5 Å². The van der Waals surface area contributed by atoms with Crippen LogP contribution >= 0.6 is 30.4 Å². The lowest BCUT2D eigenvalue weighted by Gasteiger charge is -2.35. The van der Waals surface area contributed by atoms with Crippen molar-refractivity contribution in [3.05, 3.63) is 0 Å². The Kier molecular flexibility index (Phi) is 5.67. The quantitative estimate of drug-likeness (QED) is 0.427. The van der Waals surface area contributed by atoms with E-state index in [1.54, 1.807) is 6.92 Å². The molecule has 0 radical (unpaired) electrons. The molecule has 0 saturated carbocycles. The molecule has 0 aliphatic carbocycles. The topological polar surface area (TPSA) is 76.0 Å². The van der Waals surface area contributed by atoms with Crippen LogP contribution in [-0.2, 0) is 13.8 Å². The van der Waals surface area contributed by atoms with Gasteiger partial charge in [-0.05, 0) is 24.7 Å². The molecule has 1 saturated heterocycles. The van der Waals surface area contributed by atoms with Crippen LogP contribution in [0.2, 0.25) is 0 Å². The fraction of sp³-hybridized carbons (Fsp3) is 1.00. The van der Waals surface area contributed by atoms with Crippen LogP contribution in [0.3, 0.4) is 0 Å². The summed E-state index contributed by atoms with van der Waals surface area (Å²) in [7, 11) is -4.46. The lowest BCUT2D eigenvalue weighted by atomic mass is 9.72. The second kappa shape index (κ2) is 6.06. The highest BCUT2D eigenvalue weighted by atomic mass is 127. The van der Waals surface area contributed by atoms with Crippen LogP contribution in [0, 0.1) is 11.3 Å². The van der Waals surface area contributed by atoms with Crippen molar-refractivity contribution < 1.29 is 23.6 Å². The third kappa shape index (κ3) is 4.42. The predicted molar refractivity (Wildman–Crippen MR) is 77.5 cm³/mol. The maximum atomic E-state index is 10.9. The minimum Gasteiger partial charge on any atom is -0.362 e. The van der Waals surface area contributed by atoms with Crippen molar-refractivity contribution in [2.45, 2.75) is 56.9 Å². The van der Waals surface area contributed by atoms with Crippen molar-refractivity contribution in [3.63, 3.8) is 0 Å². The third-order valence-electron chi connectivity index (χ3n) is 3.82. The van der Waals surface area contributed by atoms with Crippen molar-refractivity contribution in [2.75, 3.05) is 0 Å². The van der Waals surface area contributed by atoms with Gasteiger partial charge in [-0.3, -0.25) is 4.52 Å². The largest absolute Gasteiger partial charge is 0.469 e. The van der Waals surface area contributed by atoms with E-state index in [-0.39, 0.29) is 21.5 Å². The molecule has 0 aromatic carbocycles. The first-order valence-electron chi connectivity index (χ1n) is 6.10. The summed E-state index contributed by atoms with van der Waals surface area (Å²) in [4.78, 5) is 17.8. The van der Waals surface area contributed by atoms with Crippen molar-refractivity contribution in [1.29, 1.82) is 0 Å². The zero-order valence-corrected chi connectivity index (χ0v) is 14.2. The van der Waals surface area contributed by atoms with Gasteiger partial charge in [-0.15, -0.1) is 0 Å². The first kappa shape index (κ1) is 16.9. The summed E-state index contributed by atoms with van der Waals surface area (Å²) in [5.74, 6) is 0.242. The SMILES string of the molecule is CCC(C)(C)[C@H]1C[C@H](I)O[C@@H]1[C@@H](C)OP(=O)(O)O. The highest BCUT2D eigenvalue weighted by Crippen LogP contribution is 2.48. The van der Waals surface area contributed by atoms with E-state index in [4.69, 9.17) is 19.0 Å². The molecule has 7 heteroatoms. The van der Waals surface area contributed by atoms with Crippen molar-refractivity contribution in [1.82, 2.24) is 0 Å². The smallest absolute Gasteiger partial charge is 0.362 e. The summed E-state index contributed by atoms with van der Waals surface area (Å²) in [6.45, 7) is 8.10. The standard InChI is InChI=1S/C11H22IO5P/c1-5-11(3,4)8-6-9(12)16-10(8)7(2)17-18(13,14)15/h7-10H,5-6H2,1-4H3,(H2,13,14,15)/t7-,8+,9-,10-/m1/s1. The highest BCUT2D eigenvalue weighted by Gasteiger charge is 2.46. The van der Waals surface area contributed by atoms with Crippen LogP contribution in [0.5, 0.6) is 0 Å². The predicted octanol–water partition coefficient (Wildman–Crippen LogP) is 3.09. The molecule has 1 aliphatic heterocycles. The molecule has 0 bridgehead atoms. The number of hydrogen-bond donors (Lipinski definition) is 2. The number of halogens is 1. The van der Waals surface area contributed by atoms with Gasteiger partial charge in [0.05, 0.1) is 12.2 Å². The molecule has 5 nitrogen and oxygen atoms in total. The lowest BCUT2D eigenvalue weighted by molar-refractivity contribution is -0.0355. The van der Waals surface area contributed by atoms with Gasteiger partial charge in [-0.1, -0.05) is 49.8 Å². The molecule has 18 heavy (non-hydrogen) atoms. The molecule has 108 valence electrons. The summed E-state index contributed by atoms with van der Waals surface area (Å²) in [5, 5.41) is 0. The number of phosphoric acid groups is 1. The Bertz CT molecular complexity index is 329. The van der Waals surface area contributed by atoms with Crippen LogP contribution in [0.25, 0.3) is 0 Å². The van der Waals surface area contributed by atoms with E-state index in [2.05, 4.69) is 43.4 Å². The van der Waals surface area contributed by atoms with Gasteiger partial charge in [0.15, 0.2) is 0 Å². The van der Waals surface area contributed by atoms with Gasteiger partial charge >= 0.3 is 7.82 Å². The Balaban J connectivity index is 2.82. The first-order valence-corrected chi connectivity index (χ1v) is 8.88. The van der Waals surface area contributed by atoms with E-state index < -0.39 is 13.9 Å². The summed E-state index contributed by atoms with van der Waals surface area (Å²) in [6, 6.07) is 0. The Labute approximate surface area is 122 Å². The molecule has 2 N–H and O–H groups in total. The lowest BCUT2D eigenvalue weighted by Crippen LogP contribution is -2.38. The van der Waals surface area contributed by atoms with Gasteiger partial charge in [0, 0.05) is 0 Å². The van der Waals surface area contributed by atoms with Crippen LogP contribution in [0.4, 0.5) is 0 Å². The number of ether oxygens (including phenoxy) is 1. The molecule has 0 spiro atoms. The second-order valence-electron chi connectivity index (χ2n) is 5.50. The van der Waals surface area contributed by atoms with E-state index in [0.717, 1.165) is 12.8 Å². The zero-order valence-electron chi connectivity index (χ0n) is 11.2. The second-order valence-corrected chi connectivity index (χ2v) is 8.08. The van der Waals surface area contributed by atoms with E-state index in [9.17, 15) is 4.57 Å². The number of rotatable bonds is 5. The maximum Gasteiger partial charge on any atom is 0.469 e. The Morgan fingerprint density at radius 3 is 2.56 bits per heavy atom. The Morgan fingerprint density at radius 2 is 2.11 bits per heavy atom. The van der Waals surface area contributed by atoms with Crippen LogP contribution in [-0.4, -0.2) is 26.1 Å². The van der Waals surface area contributed by atoms with Crippen molar-refractivity contribution in [3.8, 4) is 0 Å². The molecule has 0 unspecified atom stereocenters. The minimum absolute atomic E-state index is 0.0666. The van der Waals surface area contributed by atoms with Crippen molar-refractivity contribution in [2.24, 2.45) is 11.3 Å². The Hall–Kier alpha value is 0.800. The number of phosphoric ester groups is 1. The average molecular weight is 392 g/mol. The summed E-state index contributed by atoms with van der Waals surface area (Å²) >= 11 is 2.22. The highest BCUT2D eigenvalue weighted by molar-refractivity contribution is 14.1. The maximum absolute atomic E-state index is 10.9. The van der Waals surface area contributed by atoms with Crippen LogP contribution < -0.4 is 0 Å². The first-order chi connectivity index (χ1) is 8.07. The number of hydrogen-bond acceptors (Lipinski definition) is 3. The van der Waals surface area contributed by atoms with Gasteiger partial charge in [0.2, 0.25) is 0 Å². The minimum atomic E-state index is -4.46. The summed E-state index contributed by atoms with van der Waals surface area (Å²) in [5.41, 5.74) is 0.0666. The third-order valence-corrected chi connectivity index (χ3v) is 5.23. The summed E-state index contributed by atoms with van der Waals surface area (Å²) in [6.07, 6.45) is 1.00. The van der Waals surface area contributed by atoms with Gasteiger partial charge in [0.1, 0.15) is 4.11 Å². The zero-order chi connectivity index (χ0) is 14.1. The molecular formula is C11H22IO5P. The monoisotopic (exact) mass is 392 g/mol. The van der Waals surface area contributed by atoms with Gasteiger partial charge in [0.25, 0.3) is 0 Å². The van der Waals surface area contributed by atoms with Gasteiger partial charge in [-0.25, -0.2) is 4.57 Å². The van der Waals surface area contributed by atoms with Crippen LogP contribution in [0.1, 0.15) is 40.5 Å². The summed E-state index contributed by atoms with van der Waals surface area (Å²) < 4.78 is 21.6. The van der Waals surface area contributed by atoms with Gasteiger partial charge in [-0.2, -0.15) is 0 Å². The molecule has 0 aromatic heterocycles. The number of alkyl halides is 1. The molecule has 0 amide bonds. The average Bonchev–Trinajstić information content (AvgIpc) is 2.58. The molecule has 1 rings (SSSR count). The van der Waals surface area contributed by atoms with Crippen molar-refractivity contribution >= 4 is 30.4 Å². The molecule has 4 atom stereocenters. The molecule has 1 fully saturated rings. The molecule has 1 aliphatic rings. The normalized spacial score (nSPS) is 31.6. The van der Waals surface area contributed by atoms with E-state index in [1.165, 1.54) is 0 Å². The van der Waals surface area contributed by atoms with E-state index >= 15 is 0 Å². The molecule has 1 heterocycles. The molecular weight excluding hydrogens is 370 g/mol. The van der Waals surface area contributed by atoms with Crippen LogP contribution in [0.15, 0.2) is 0 Å². The van der Waals surface area contributed by atoms with E-state index in [0.29, 0.717) is 0 Å². The fourth-order valence-electron chi connectivity index (χ4n) is 2.39.